The van der Waals surface area contributed by atoms with Crippen molar-refractivity contribution in [3.63, 3.8) is 0 Å². The van der Waals surface area contributed by atoms with Crippen LogP contribution in [0.1, 0.15) is 31.9 Å². The van der Waals surface area contributed by atoms with Crippen LogP contribution in [0.3, 0.4) is 0 Å². The number of pyridine rings is 1. The fourth-order valence-corrected chi connectivity index (χ4v) is 2.70. The average Bonchev–Trinajstić information content (AvgIpc) is 3.01. The second kappa shape index (κ2) is 3.81. The molecule has 2 heteroatoms. The van der Waals surface area contributed by atoms with Gasteiger partial charge in [-0.3, -0.25) is 4.98 Å². The zero-order valence-electron chi connectivity index (χ0n) is 10.2. The van der Waals surface area contributed by atoms with Crippen LogP contribution in [0.2, 0.25) is 0 Å². The number of fused-ring (bicyclic) bond motifs is 1. The Bertz CT molecular complexity index is 549. The smallest absolute Gasteiger partial charge is 0.0706 e. The number of benzene rings is 1. The molecule has 2 unspecified atom stereocenters. The first kappa shape index (κ1) is 10.7. The van der Waals surface area contributed by atoms with Gasteiger partial charge in [0.2, 0.25) is 0 Å². The van der Waals surface area contributed by atoms with Gasteiger partial charge in [-0.25, -0.2) is 0 Å². The van der Waals surface area contributed by atoms with E-state index < -0.39 is 0 Å². The highest BCUT2D eigenvalue weighted by Crippen LogP contribution is 2.51. The summed E-state index contributed by atoms with van der Waals surface area (Å²) >= 11 is 0. The van der Waals surface area contributed by atoms with Crippen LogP contribution in [0.25, 0.3) is 10.9 Å². The van der Waals surface area contributed by atoms with Crippen LogP contribution in [-0.2, 0) is 5.54 Å². The van der Waals surface area contributed by atoms with Crippen molar-refractivity contribution in [2.45, 2.75) is 31.7 Å². The molecule has 1 aliphatic carbocycles. The summed E-state index contributed by atoms with van der Waals surface area (Å²) in [6, 6.07) is 12.4. The largest absolute Gasteiger partial charge is 0.320 e. The summed E-state index contributed by atoms with van der Waals surface area (Å²) in [6.45, 7) is 2.21. The number of hydrogen-bond acceptors (Lipinski definition) is 2. The van der Waals surface area contributed by atoms with Gasteiger partial charge in [0.05, 0.1) is 16.7 Å². The zero-order valence-corrected chi connectivity index (χ0v) is 10.2. The molecule has 0 spiro atoms. The second-order valence-corrected chi connectivity index (χ2v) is 5.12. The first-order chi connectivity index (χ1) is 8.24. The summed E-state index contributed by atoms with van der Waals surface area (Å²) in [5.74, 6) is 0.626. The van der Waals surface area contributed by atoms with E-state index >= 15 is 0 Å². The van der Waals surface area contributed by atoms with Gasteiger partial charge in [0, 0.05) is 5.39 Å². The van der Waals surface area contributed by atoms with Crippen molar-refractivity contribution in [2.24, 2.45) is 11.7 Å². The first-order valence-corrected chi connectivity index (χ1v) is 6.39. The van der Waals surface area contributed by atoms with Crippen molar-refractivity contribution < 1.29 is 0 Å². The minimum atomic E-state index is -0.153. The number of rotatable bonds is 3. The number of aromatic nitrogens is 1. The highest BCUT2D eigenvalue weighted by molar-refractivity contribution is 5.78. The van der Waals surface area contributed by atoms with Crippen molar-refractivity contribution >= 4 is 10.9 Å². The Morgan fingerprint density at radius 3 is 2.94 bits per heavy atom. The van der Waals surface area contributed by atoms with Crippen LogP contribution >= 0.6 is 0 Å². The first-order valence-electron chi connectivity index (χ1n) is 6.39. The van der Waals surface area contributed by atoms with Gasteiger partial charge in [-0.05, 0) is 30.9 Å². The molecule has 0 amide bonds. The third-order valence-electron chi connectivity index (χ3n) is 3.86. The lowest BCUT2D eigenvalue weighted by Crippen LogP contribution is -2.23. The summed E-state index contributed by atoms with van der Waals surface area (Å²) in [4.78, 5) is 4.72. The molecule has 0 bridgehead atoms. The maximum Gasteiger partial charge on any atom is 0.0706 e. The molecule has 0 saturated heterocycles. The normalized spacial score (nSPS) is 27.3. The van der Waals surface area contributed by atoms with Crippen molar-refractivity contribution in [1.29, 1.82) is 0 Å². The van der Waals surface area contributed by atoms with Crippen molar-refractivity contribution in [1.82, 2.24) is 4.98 Å². The van der Waals surface area contributed by atoms with Gasteiger partial charge in [0.1, 0.15) is 0 Å². The van der Waals surface area contributed by atoms with Gasteiger partial charge >= 0.3 is 0 Å². The lowest BCUT2D eigenvalue weighted by molar-refractivity contribution is 0.572. The zero-order chi connectivity index (χ0) is 11.9. The molecule has 0 aliphatic heterocycles. The Hall–Kier alpha value is -1.41. The molecule has 3 rings (SSSR count). The van der Waals surface area contributed by atoms with Crippen LogP contribution in [0.4, 0.5) is 0 Å². The maximum atomic E-state index is 6.43. The molecule has 1 aromatic carbocycles. The van der Waals surface area contributed by atoms with Gasteiger partial charge in [-0.15, -0.1) is 0 Å². The summed E-state index contributed by atoms with van der Waals surface area (Å²) in [6.07, 6.45) is 3.51. The lowest BCUT2D eigenvalue weighted by atomic mass is 10.1. The van der Waals surface area contributed by atoms with Crippen molar-refractivity contribution in [2.75, 3.05) is 0 Å². The Balaban J connectivity index is 1.97. The van der Waals surface area contributed by atoms with E-state index in [-0.39, 0.29) is 5.54 Å². The third kappa shape index (κ3) is 1.73. The summed E-state index contributed by atoms with van der Waals surface area (Å²) in [5.41, 5.74) is 8.39. The predicted molar refractivity (Wildman–Crippen MR) is 70.6 cm³/mol. The Morgan fingerprint density at radius 1 is 1.29 bits per heavy atom. The van der Waals surface area contributed by atoms with Crippen molar-refractivity contribution in [3.8, 4) is 0 Å². The van der Waals surface area contributed by atoms with E-state index in [2.05, 4.69) is 31.2 Å². The molecule has 1 heterocycles. The highest BCUT2D eigenvalue weighted by Gasteiger charge is 2.52. The molecule has 1 saturated carbocycles. The standard InChI is InChI=1S/C15H18N2/c1-2-5-12-10-15(12,16)14-9-8-11-6-3-4-7-13(11)17-14/h3-4,6-9,12H,2,5,10,16H2,1H3. The molecule has 2 N–H and O–H groups in total. The van der Waals surface area contributed by atoms with E-state index in [9.17, 15) is 0 Å². The van der Waals surface area contributed by atoms with Crippen LogP contribution in [-0.4, -0.2) is 4.98 Å². The monoisotopic (exact) mass is 226 g/mol. The van der Waals surface area contributed by atoms with E-state index in [0.717, 1.165) is 17.6 Å². The SMILES string of the molecule is CCCC1CC1(N)c1ccc2ccccc2n1. The fraction of sp³-hybridized carbons (Fsp3) is 0.400. The molecule has 1 fully saturated rings. The van der Waals surface area contributed by atoms with E-state index in [4.69, 9.17) is 10.7 Å². The van der Waals surface area contributed by atoms with Crippen LogP contribution in [0.15, 0.2) is 36.4 Å². The fourth-order valence-electron chi connectivity index (χ4n) is 2.70. The molecule has 1 aromatic heterocycles. The van der Waals surface area contributed by atoms with E-state index in [1.165, 1.54) is 18.2 Å². The third-order valence-corrected chi connectivity index (χ3v) is 3.86. The highest BCUT2D eigenvalue weighted by atomic mass is 14.9. The van der Waals surface area contributed by atoms with E-state index in [1.807, 2.05) is 12.1 Å². The van der Waals surface area contributed by atoms with Crippen molar-refractivity contribution in [3.05, 3.63) is 42.1 Å². The molecule has 2 atom stereocenters. The van der Waals surface area contributed by atoms with Gasteiger partial charge in [-0.1, -0.05) is 37.6 Å². The number of para-hydroxylation sites is 1. The molecular weight excluding hydrogens is 208 g/mol. The molecule has 1 aliphatic rings. The Labute approximate surface area is 102 Å². The minimum Gasteiger partial charge on any atom is -0.320 e. The second-order valence-electron chi connectivity index (χ2n) is 5.12. The van der Waals surface area contributed by atoms with E-state index in [0.29, 0.717) is 5.92 Å². The Kier molecular flexibility index (Phi) is 2.40. The van der Waals surface area contributed by atoms with Gasteiger partial charge in [0.15, 0.2) is 0 Å². The Morgan fingerprint density at radius 2 is 2.12 bits per heavy atom. The number of nitrogens with zero attached hydrogens (tertiary/aromatic N) is 1. The summed E-state index contributed by atoms with van der Waals surface area (Å²) in [7, 11) is 0. The molecule has 2 nitrogen and oxygen atoms in total. The minimum absolute atomic E-state index is 0.153. The molecule has 0 radical (unpaired) electrons. The van der Waals surface area contributed by atoms with Gasteiger partial charge in [0.25, 0.3) is 0 Å². The molecular formula is C15H18N2. The quantitative estimate of drug-likeness (QED) is 0.872. The van der Waals surface area contributed by atoms with Crippen LogP contribution < -0.4 is 5.73 Å². The molecule has 88 valence electrons. The topological polar surface area (TPSA) is 38.9 Å². The summed E-state index contributed by atoms with van der Waals surface area (Å²) < 4.78 is 0. The predicted octanol–water partition coefficient (Wildman–Crippen LogP) is 3.21. The maximum absolute atomic E-state index is 6.43. The van der Waals surface area contributed by atoms with Crippen LogP contribution in [0, 0.1) is 5.92 Å². The lowest BCUT2D eigenvalue weighted by Gasteiger charge is -2.11. The summed E-state index contributed by atoms with van der Waals surface area (Å²) in [5, 5.41) is 1.19. The van der Waals surface area contributed by atoms with Gasteiger partial charge < -0.3 is 5.73 Å². The molecule has 2 aromatic rings. The van der Waals surface area contributed by atoms with Crippen LogP contribution in [0.5, 0.6) is 0 Å². The molecule has 17 heavy (non-hydrogen) atoms. The van der Waals surface area contributed by atoms with Gasteiger partial charge in [-0.2, -0.15) is 0 Å². The average molecular weight is 226 g/mol. The number of nitrogens with two attached hydrogens (primary N) is 1. The van der Waals surface area contributed by atoms with E-state index in [1.54, 1.807) is 0 Å². The number of hydrogen-bond donors (Lipinski definition) is 1.